The highest BCUT2D eigenvalue weighted by atomic mass is 16.2. The Morgan fingerprint density at radius 3 is 3.21 bits per heavy atom. The van der Waals surface area contributed by atoms with E-state index in [1.165, 1.54) is 0 Å². The third kappa shape index (κ3) is 3.24. The molecule has 1 amide bonds. The van der Waals surface area contributed by atoms with E-state index in [0.29, 0.717) is 12.5 Å². The summed E-state index contributed by atoms with van der Waals surface area (Å²) in [4.78, 5) is 15.4. The zero-order chi connectivity index (χ0) is 10.4. The summed E-state index contributed by atoms with van der Waals surface area (Å²) in [7, 11) is 0. The van der Waals surface area contributed by atoms with Gasteiger partial charge in [-0.3, -0.25) is 9.79 Å². The Morgan fingerprint density at radius 1 is 1.79 bits per heavy atom. The zero-order valence-electron chi connectivity index (χ0n) is 8.55. The molecule has 0 bridgehead atoms. The van der Waals surface area contributed by atoms with E-state index in [4.69, 9.17) is 5.73 Å². The van der Waals surface area contributed by atoms with Gasteiger partial charge >= 0.3 is 0 Å². The second-order valence-corrected chi connectivity index (χ2v) is 3.40. The Labute approximate surface area is 84.1 Å². The quantitative estimate of drug-likeness (QED) is 0.425. The fourth-order valence-electron chi connectivity index (χ4n) is 1.37. The molecule has 0 saturated carbocycles. The van der Waals surface area contributed by atoms with Crippen molar-refractivity contribution in [3.8, 4) is 0 Å². The first kappa shape index (κ1) is 10.8. The van der Waals surface area contributed by atoms with Crippen LogP contribution < -0.4 is 16.4 Å². The maximum atomic E-state index is 11.3. The van der Waals surface area contributed by atoms with Crippen LogP contribution in [-0.4, -0.2) is 31.0 Å². The molecule has 1 atom stereocenters. The summed E-state index contributed by atoms with van der Waals surface area (Å²) in [5.74, 6) is 0.389. The van der Waals surface area contributed by atoms with Crippen LogP contribution in [0.1, 0.15) is 26.2 Å². The molecule has 1 unspecified atom stereocenters. The predicted molar refractivity (Wildman–Crippen MR) is 55.9 cm³/mol. The Bertz CT molecular complexity index is 227. The second-order valence-electron chi connectivity index (χ2n) is 3.40. The number of hydrogen-bond acceptors (Lipinski definition) is 2. The molecule has 1 aliphatic rings. The third-order valence-corrected chi connectivity index (χ3v) is 2.11. The molecule has 0 aromatic rings. The molecule has 1 heterocycles. The summed E-state index contributed by atoms with van der Waals surface area (Å²) in [5, 5.41) is 5.70. The van der Waals surface area contributed by atoms with Gasteiger partial charge in [-0.15, -0.1) is 0 Å². The topological polar surface area (TPSA) is 79.5 Å². The molecule has 14 heavy (non-hydrogen) atoms. The molecule has 0 spiro atoms. The SMILES string of the molecule is CCCN=C(N)NC1CCCNC1=O. The van der Waals surface area contributed by atoms with E-state index < -0.39 is 0 Å². The Balaban J connectivity index is 2.38. The highest BCUT2D eigenvalue weighted by Gasteiger charge is 2.21. The smallest absolute Gasteiger partial charge is 0.242 e. The van der Waals surface area contributed by atoms with Crippen molar-refractivity contribution < 1.29 is 4.79 Å². The maximum absolute atomic E-state index is 11.3. The molecule has 5 heteroatoms. The lowest BCUT2D eigenvalue weighted by Crippen LogP contribution is -2.52. The molecule has 5 nitrogen and oxygen atoms in total. The van der Waals surface area contributed by atoms with Crippen molar-refractivity contribution in [1.82, 2.24) is 10.6 Å². The normalized spacial score (nSPS) is 23.1. The number of nitrogens with two attached hydrogens (primary N) is 1. The van der Waals surface area contributed by atoms with Crippen LogP contribution in [0.15, 0.2) is 4.99 Å². The monoisotopic (exact) mass is 198 g/mol. The summed E-state index contributed by atoms with van der Waals surface area (Å²) in [5.41, 5.74) is 5.61. The summed E-state index contributed by atoms with van der Waals surface area (Å²) < 4.78 is 0. The van der Waals surface area contributed by atoms with E-state index >= 15 is 0 Å². The van der Waals surface area contributed by atoms with Crippen LogP contribution in [0.2, 0.25) is 0 Å². The number of hydrogen-bond donors (Lipinski definition) is 3. The number of amides is 1. The molecular formula is C9H18N4O. The number of nitrogens with one attached hydrogen (secondary N) is 2. The van der Waals surface area contributed by atoms with Crippen LogP contribution in [0.4, 0.5) is 0 Å². The molecule has 1 aliphatic heterocycles. The van der Waals surface area contributed by atoms with Crippen LogP contribution in [-0.2, 0) is 4.79 Å². The van der Waals surface area contributed by atoms with E-state index in [-0.39, 0.29) is 11.9 Å². The Kier molecular flexibility index (Phi) is 4.22. The molecular weight excluding hydrogens is 180 g/mol. The average molecular weight is 198 g/mol. The third-order valence-electron chi connectivity index (χ3n) is 2.11. The van der Waals surface area contributed by atoms with Gasteiger partial charge in [-0.1, -0.05) is 6.92 Å². The van der Waals surface area contributed by atoms with Crippen LogP contribution >= 0.6 is 0 Å². The van der Waals surface area contributed by atoms with Gasteiger partial charge in [-0.2, -0.15) is 0 Å². The molecule has 0 radical (unpaired) electrons. The summed E-state index contributed by atoms with van der Waals surface area (Å²) in [6, 6.07) is -0.204. The first-order chi connectivity index (χ1) is 6.74. The van der Waals surface area contributed by atoms with Gasteiger partial charge < -0.3 is 16.4 Å². The predicted octanol–water partition coefficient (Wildman–Crippen LogP) is -0.421. The standard InChI is InChI=1S/C9H18N4O/c1-2-5-12-9(10)13-7-4-3-6-11-8(7)14/h7H,2-6H2,1H3,(H,11,14)(H3,10,12,13). The fourth-order valence-corrected chi connectivity index (χ4v) is 1.37. The van der Waals surface area contributed by atoms with Crippen LogP contribution in [0.3, 0.4) is 0 Å². The van der Waals surface area contributed by atoms with E-state index in [1.54, 1.807) is 0 Å². The largest absolute Gasteiger partial charge is 0.370 e. The van der Waals surface area contributed by atoms with Crippen LogP contribution in [0, 0.1) is 0 Å². The number of piperidine rings is 1. The number of rotatable bonds is 3. The van der Waals surface area contributed by atoms with Gasteiger partial charge in [0.15, 0.2) is 5.96 Å². The van der Waals surface area contributed by atoms with E-state index in [2.05, 4.69) is 15.6 Å². The van der Waals surface area contributed by atoms with Crippen molar-refractivity contribution in [2.75, 3.05) is 13.1 Å². The summed E-state index contributed by atoms with van der Waals surface area (Å²) >= 11 is 0. The fraction of sp³-hybridized carbons (Fsp3) is 0.778. The average Bonchev–Trinajstić information content (AvgIpc) is 2.18. The van der Waals surface area contributed by atoms with Gasteiger partial charge in [0.05, 0.1) is 0 Å². The van der Waals surface area contributed by atoms with E-state index in [9.17, 15) is 4.79 Å². The first-order valence-corrected chi connectivity index (χ1v) is 5.08. The summed E-state index contributed by atoms with van der Waals surface area (Å²) in [6.07, 6.45) is 2.78. The van der Waals surface area contributed by atoms with Gasteiger partial charge in [-0.05, 0) is 19.3 Å². The van der Waals surface area contributed by atoms with Crippen molar-refractivity contribution in [3.63, 3.8) is 0 Å². The highest BCUT2D eigenvalue weighted by molar-refractivity contribution is 5.88. The minimum absolute atomic E-state index is 0.0194. The molecule has 4 N–H and O–H groups in total. The second kappa shape index (κ2) is 5.47. The highest BCUT2D eigenvalue weighted by Crippen LogP contribution is 2.01. The number of guanidine groups is 1. The maximum Gasteiger partial charge on any atom is 0.242 e. The lowest BCUT2D eigenvalue weighted by atomic mass is 10.1. The van der Waals surface area contributed by atoms with Crippen molar-refractivity contribution in [3.05, 3.63) is 0 Å². The van der Waals surface area contributed by atoms with Gasteiger partial charge in [0, 0.05) is 13.1 Å². The van der Waals surface area contributed by atoms with Gasteiger partial charge in [0.2, 0.25) is 5.91 Å². The van der Waals surface area contributed by atoms with Crippen molar-refractivity contribution in [2.24, 2.45) is 10.7 Å². The molecule has 0 aromatic carbocycles. The number of carbonyl (C=O) groups is 1. The van der Waals surface area contributed by atoms with Crippen molar-refractivity contribution in [2.45, 2.75) is 32.2 Å². The Morgan fingerprint density at radius 2 is 2.57 bits per heavy atom. The molecule has 0 aromatic heterocycles. The van der Waals surface area contributed by atoms with Crippen LogP contribution in [0.25, 0.3) is 0 Å². The molecule has 1 saturated heterocycles. The van der Waals surface area contributed by atoms with Crippen molar-refractivity contribution >= 4 is 11.9 Å². The van der Waals surface area contributed by atoms with E-state index in [0.717, 1.165) is 25.8 Å². The van der Waals surface area contributed by atoms with Crippen LogP contribution in [0.5, 0.6) is 0 Å². The van der Waals surface area contributed by atoms with E-state index in [1.807, 2.05) is 6.92 Å². The number of nitrogens with zero attached hydrogens (tertiary/aromatic N) is 1. The number of aliphatic imine (C=N–C) groups is 1. The molecule has 80 valence electrons. The van der Waals surface area contributed by atoms with Crippen molar-refractivity contribution in [1.29, 1.82) is 0 Å². The minimum atomic E-state index is -0.204. The van der Waals surface area contributed by atoms with Gasteiger partial charge in [-0.25, -0.2) is 0 Å². The Hall–Kier alpha value is -1.26. The van der Waals surface area contributed by atoms with Gasteiger partial charge in [0.25, 0.3) is 0 Å². The lowest BCUT2D eigenvalue weighted by Gasteiger charge is -2.23. The number of carbonyl (C=O) groups excluding carboxylic acids is 1. The summed E-state index contributed by atoms with van der Waals surface area (Å²) in [6.45, 7) is 3.50. The lowest BCUT2D eigenvalue weighted by molar-refractivity contribution is -0.124. The molecule has 0 aliphatic carbocycles. The zero-order valence-corrected chi connectivity index (χ0v) is 8.55. The molecule has 1 fully saturated rings. The molecule has 1 rings (SSSR count). The minimum Gasteiger partial charge on any atom is -0.370 e. The van der Waals surface area contributed by atoms with Gasteiger partial charge in [0.1, 0.15) is 6.04 Å². The first-order valence-electron chi connectivity index (χ1n) is 5.08.